The zero-order valence-corrected chi connectivity index (χ0v) is 35.6. The van der Waals surface area contributed by atoms with Crippen LogP contribution in [0, 0.1) is 0 Å². The number of thiophene rings is 2. The van der Waals surface area contributed by atoms with Crippen LogP contribution < -0.4 is 20.5 Å². The van der Waals surface area contributed by atoms with Crippen LogP contribution in [0.3, 0.4) is 0 Å². The molecular weight excluding hydrogens is 856 g/mol. The molecule has 286 valence electrons. The van der Waals surface area contributed by atoms with Crippen molar-refractivity contribution in [2.24, 2.45) is 0 Å². The zero-order valence-electron chi connectivity index (χ0n) is 30.8. The summed E-state index contributed by atoms with van der Waals surface area (Å²) in [7, 11) is 4.42. The maximum absolute atomic E-state index is 12.2. The highest BCUT2D eigenvalue weighted by Crippen LogP contribution is 2.47. The molecule has 4 rings (SSSR count). The number of ether oxygens (including phenoxy) is 6. The molecule has 3 N–H and O–H groups in total. The molecule has 2 aromatic carbocycles. The molecule has 4 aromatic rings. The van der Waals surface area contributed by atoms with Crippen LogP contribution in [-0.4, -0.2) is 69.6 Å². The van der Waals surface area contributed by atoms with E-state index in [1.54, 1.807) is 53.7 Å². The normalized spacial score (nSPS) is 11.1. The highest BCUT2D eigenvalue weighted by molar-refractivity contribution is 9.11. The Morgan fingerprint density at radius 2 is 1.11 bits per heavy atom. The number of rotatable bonds is 11. The van der Waals surface area contributed by atoms with Crippen LogP contribution in [0.15, 0.2) is 57.5 Å². The third-order valence-corrected chi connectivity index (χ3v) is 10.9. The lowest BCUT2D eigenvalue weighted by molar-refractivity contribution is -0.158. The Bertz CT molecular complexity index is 1940. The summed E-state index contributed by atoms with van der Waals surface area (Å²) in [5, 5.41) is 3.08. The van der Waals surface area contributed by atoms with Gasteiger partial charge in [-0.3, -0.25) is 0 Å². The number of hydrogen-bond donors (Lipinski definition) is 2. The Balaban J connectivity index is 0.000000286. The minimum atomic E-state index is -0.621. The second-order valence-electron chi connectivity index (χ2n) is 13.0. The molecule has 0 bridgehead atoms. The number of hydrogen-bond acceptors (Lipinski definition) is 14. The number of esters is 4. The van der Waals surface area contributed by atoms with Gasteiger partial charge < -0.3 is 39.5 Å². The Morgan fingerprint density at radius 1 is 0.698 bits per heavy atom. The van der Waals surface area contributed by atoms with E-state index in [0.717, 1.165) is 26.6 Å². The minimum absolute atomic E-state index is 0.241. The second kappa shape index (κ2) is 18.8. The standard InChI is InChI=1S/C19H22BrNO5S.C18H20BrNO5S/c1-19(2,3)26-13(22)10-25-15-14(20)16(27-17(15)18(23)24-5)11-7-6-8-12(9-11)21-4;1-18(2,3)25-12(21)9-24-14-13(19)15(26-16(14)17(22)23-4)10-6-5-7-11(20)8-10/h6-9,21H,10H2,1-5H3;5-8H,9,20H2,1-4H3. The van der Waals surface area contributed by atoms with Gasteiger partial charge in [-0.05, 0) is 109 Å². The Labute approximate surface area is 333 Å². The van der Waals surface area contributed by atoms with E-state index in [-0.39, 0.29) is 34.5 Å². The number of nitrogens with one attached hydrogen (secondary N) is 1. The maximum atomic E-state index is 12.2. The third kappa shape index (κ3) is 12.5. The zero-order chi connectivity index (χ0) is 39.7. The molecule has 0 aliphatic carbocycles. The van der Waals surface area contributed by atoms with Gasteiger partial charge >= 0.3 is 23.9 Å². The monoisotopic (exact) mass is 896 g/mol. The summed E-state index contributed by atoms with van der Waals surface area (Å²) >= 11 is 9.38. The second-order valence-corrected chi connectivity index (χ2v) is 16.6. The molecule has 0 saturated carbocycles. The first kappa shape index (κ1) is 43.3. The van der Waals surface area contributed by atoms with Crippen molar-refractivity contribution in [3.05, 3.63) is 67.2 Å². The fourth-order valence-corrected chi connectivity index (χ4v) is 8.31. The van der Waals surface area contributed by atoms with E-state index in [1.165, 1.54) is 36.9 Å². The molecule has 0 aliphatic heterocycles. The number of nitrogens with two attached hydrogens (primary N) is 1. The first-order chi connectivity index (χ1) is 24.8. The van der Waals surface area contributed by atoms with Crippen molar-refractivity contribution in [3.63, 3.8) is 0 Å². The van der Waals surface area contributed by atoms with Crippen LogP contribution in [-0.2, 0) is 28.5 Å². The van der Waals surface area contributed by atoms with E-state index in [4.69, 9.17) is 34.2 Å². The summed E-state index contributed by atoms with van der Waals surface area (Å²) in [6.45, 7) is 9.99. The van der Waals surface area contributed by atoms with Gasteiger partial charge in [-0.25, -0.2) is 19.2 Å². The molecule has 0 saturated heterocycles. The first-order valence-electron chi connectivity index (χ1n) is 15.9. The van der Waals surface area contributed by atoms with E-state index in [2.05, 4.69) is 37.2 Å². The summed E-state index contributed by atoms with van der Waals surface area (Å²) in [5.74, 6) is -1.62. The SMILES string of the molecule is CNc1cccc(-c2sc(C(=O)OC)c(OCC(=O)OC(C)(C)C)c2Br)c1.COC(=O)c1sc(-c2cccc(N)c2)c(Br)c1OCC(=O)OC(C)(C)C. The molecule has 0 fully saturated rings. The number of carbonyl (C=O) groups is 4. The Morgan fingerprint density at radius 3 is 1.49 bits per heavy atom. The van der Waals surface area contributed by atoms with Gasteiger partial charge in [0.05, 0.1) is 32.9 Å². The average Bonchev–Trinajstić information content (AvgIpc) is 3.60. The van der Waals surface area contributed by atoms with Gasteiger partial charge in [0.25, 0.3) is 0 Å². The molecule has 53 heavy (non-hydrogen) atoms. The average molecular weight is 899 g/mol. The van der Waals surface area contributed by atoms with Crippen LogP contribution in [0.1, 0.15) is 60.9 Å². The fourth-order valence-electron chi connectivity index (χ4n) is 4.38. The molecule has 16 heteroatoms. The van der Waals surface area contributed by atoms with Crippen molar-refractivity contribution < 1.29 is 47.6 Å². The van der Waals surface area contributed by atoms with Crippen molar-refractivity contribution >= 4 is 89.8 Å². The lowest BCUT2D eigenvalue weighted by atomic mass is 10.1. The van der Waals surface area contributed by atoms with Crippen LogP contribution in [0.2, 0.25) is 0 Å². The number of anilines is 2. The predicted octanol–water partition coefficient (Wildman–Crippen LogP) is 8.99. The predicted molar refractivity (Wildman–Crippen MR) is 214 cm³/mol. The van der Waals surface area contributed by atoms with Crippen molar-refractivity contribution in [2.45, 2.75) is 52.7 Å². The molecular formula is C37H42Br2N2O10S2. The first-order valence-corrected chi connectivity index (χ1v) is 19.1. The molecule has 0 unspecified atom stereocenters. The van der Waals surface area contributed by atoms with E-state index >= 15 is 0 Å². The molecule has 2 aromatic heterocycles. The van der Waals surface area contributed by atoms with Crippen molar-refractivity contribution in [1.29, 1.82) is 0 Å². The van der Waals surface area contributed by atoms with Gasteiger partial charge in [-0.15, -0.1) is 22.7 Å². The topological polar surface area (TPSA) is 162 Å². The van der Waals surface area contributed by atoms with Crippen LogP contribution in [0.4, 0.5) is 11.4 Å². The molecule has 0 radical (unpaired) electrons. The molecule has 12 nitrogen and oxygen atoms in total. The van der Waals surface area contributed by atoms with Crippen LogP contribution in [0.25, 0.3) is 20.9 Å². The van der Waals surface area contributed by atoms with E-state index in [9.17, 15) is 19.2 Å². The number of methoxy groups -OCH3 is 2. The van der Waals surface area contributed by atoms with E-state index in [0.29, 0.717) is 14.6 Å². The van der Waals surface area contributed by atoms with Gasteiger partial charge in [-0.1, -0.05) is 24.3 Å². The van der Waals surface area contributed by atoms with Gasteiger partial charge in [0.1, 0.15) is 11.2 Å². The van der Waals surface area contributed by atoms with Gasteiger partial charge in [0.2, 0.25) is 0 Å². The largest absolute Gasteiger partial charge is 0.479 e. The van der Waals surface area contributed by atoms with E-state index in [1.807, 2.05) is 43.4 Å². The molecule has 0 amide bonds. The Kier molecular flexibility index (Phi) is 15.3. The highest BCUT2D eigenvalue weighted by Gasteiger charge is 2.28. The maximum Gasteiger partial charge on any atom is 0.351 e. The lowest BCUT2D eigenvalue weighted by Gasteiger charge is -2.19. The van der Waals surface area contributed by atoms with Crippen molar-refractivity contribution in [2.75, 3.05) is 45.5 Å². The summed E-state index contributed by atoms with van der Waals surface area (Å²) in [6, 6.07) is 15.0. The summed E-state index contributed by atoms with van der Waals surface area (Å²) in [5.41, 5.74) is 7.85. The number of carbonyl (C=O) groups excluding carboxylic acids is 4. The molecule has 2 heterocycles. The highest BCUT2D eigenvalue weighted by atomic mass is 79.9. The lowest BCUT2D eigenvalue weighted by Crippen LogP contribution is -2.27. The summed E-state index contributed by atoms with van der Waals surface area (Å²) in [4.78, 5) is 50.3. The van der Waals surface area contributed by atoms with E-state index < -0.39 is 35.1 Å². The molecule has 0 atom stereocenters. The van der Waals surface area contributed by atoms with Gasteiger partial charge in [-0.2, -0.15) is 0 Å². The van der Waals surface area contributed by atoms with Crippen LogP contribution >= 0.6 is 54.5 Å². The van der Waals surface area contributed by atoms with Crippen molar-refractivity contribution in [1.82, 2.24) is 0 Å². The molecule has 0 spiro atoms. The quantitative estimate of drug-likeness (QED) is 0.0837. The smallest absolute Gasteiger partial charge is 0.351 e. The van der Waals surface area contributed by atoms with Crippen molar-refractivity contribution in [3.8, 4) is 32.4 Å². The number of nitrogen functional groups attached to an aromatic ring is 1. The van der Waals surface area contributed by atoms with Crippen LogP contribution in [0.5, 0.6) is 11.5 Å². The van der Waals surface area contributed by atoms with Gasteiger partial charge in [0.15, 0.2) is 34.5 Å². The summed E-state index contributed by atoms with van der Waals surface area (Å²) < 4.78 is 32.5. The Hall–Kier alpha value is -4.12. The number of halogens is 2. The molecule has 0 aliphatic rings. The fraction of sp³-hybridized carbons (Fsp3) is 0.351. The number of benzene rings is 2. The third-order valence-electron chi connectivity index (χ3n) is 6.43. The minimum Gasteiger partial charge on any atom is -0.479 e. The summed E-state index contributed by atoms with van der Waals surface area (Å²) in [6.07, 6.45) is 0. The van der Waals surface area contributed by atoms with Gasteiger partial charge in [0, 0.05) is 18.4 Å².